The Kier molecular flexibility index (Phi) is 4.57. The van der Waals surface area contributed by atoms with E-state index in [0.717, 1.165) is 12.1 Å². The molecule has 1 aromatic carbocycles. The Morgan fingerprint density at radius 3 is 2.87 bits per heavy atom. The van der Waals surface area contributed by atoms with Crippen LogP contribution in [0, 0.1) is 6.92 Å². The molecule has 0 saturated carbocycles. The van der Waals surface area contributed by atoms with E-state index < -0.39 is 0 Å². The number of hydrogen-bond acceptors (Lipinski definition) is 3. The van der Waals surface area contributed by atoms with E-state index in [1.807, 2.05) is 12.1 Å². The Bertz CT molecular complexity index is 358. The van der Waals surface area contributed by atoms with Crippen LogP contribution in [0.3, 0.4) is 0 Å². The van der Waals surface area contributed by atoms with Crippen LogP contribution in [0.2, 0.25) is 0 Å². The summed E-state index contributed by atoms with van der Waals surface area (Å²) in [6.07, 6.45) is 2.27. The number of rotatable bonds is 5. The van der Waals surface area contributed by atoms with Crippen molar-refractivity contribution in [2.45, 2.75) is 13.3 Å². The number of aryl methyl sites for hydroxylation is 1. The Morgan fingerprint density at radius 1 is 1.53 bits per heavy atom. The first-order valence-electron chi connectivity index (χ1n) is 4.80. The van der Waals surface area contributed by atoms with Crippen LogP contribution in [0.4, 0.5) is 0 Å². The molecule has 3 heteroatoms. The third-order valence-corrected chi connectivity index (χ3v) is 2.15. The molecule has 0 radical (unpaired) electrons. The molecule has 0 amide bonds. The number of ether oxygens (including phenoxy) is 1. The lowest BCUT2D eigenvalue weighted by Crippen LogP contribution is -2.00. The maximum Gasteiger partial charge on any atom is 0.136 e. The average molecular weight is 204 g/mol. The van der Waals surface area contributed by atoms with Gasteiger partial charge in [0.15, 0.2) is 0 Å². The highest BCUT2D eigenvalue weighted by atomic mass is 16.5. The zero-order valence-corrected chi connectivity index (χ0v) is 8.94. The van der Waals surface area contributed by atoms with E-state index in [2.05, 4.69) is 30.8 Å². The minimum absolute atomic E-state index is 0.160. The van der Waals surface area contributed by atoms with Crippen LogP contribution in [-0.4, -0.2) is 13.4 Å². The summed E-state index contributed by atoms with van der Waals surface area (Å²) in [4.78, 5) is 3.89. The molecular formula is C12H16N2O. The molecule has 0 saturated heterocycles. The van der Waals surface area contributed by atoms with Crippen LogP contribution < -0.4 is 5.73 Å². The molecule has 0 unspecified atom stereocenters. The highest BCUT2D eigenvalue weighted by molar-refractivity contribution is 5.33. The monoisotopic (exact) mass is 204 g/mol. The summed E-state index contributed by atoms with van der Waals surface area (Å²) in [5, 5.41) is 0. The van der Waals surface area contributed by atoms with Crippen LogP contribution in [-0.2, 0) is 11.2 Å². The molecule has 15 heavy (non-hydrogen) atoms. The van der Waals surface area contributed by atoms with Gasteiger partial charge in [0.1, 0.15) is 13.0 Å². The van der Waals surface area contributed by atoms with Gasteiger partial charge in [-0.05, 0) is 24.8 Å². The summed E-state index contributed by atoms with van der Waals surface area (Å²) in [6.45, 7) is 5.73. The lowest BCUT2D eigenvalue weighted by molar-refractivity contribution is 0.256. The summed E-state index contributed by atoms with van der Waals surface area (Å²) >= 11 is 0. The first-order chi connectivity index (χ1) is 7.27. The largest absolute Gasteiger partial charge is 0.484 e. The zero-order valence-electron chi connectivity index (χ0n) is 8.94. The second-order valence-electron chi connectivity index (χ2n) is 3.20. The molecule has 1 rings (SSSR count). The van der Waals surface area contributed by atoms with Crippen LogP contribution in [0.15, 0.2) is 41.2 Å². The molecule has 0 aromatic heterocycles. The van der Waals surface area contributed by atoms with Crippen molar-refractivity contribution in [3.63, 3.8) is 0 Å². The fraction of sp³-hybridized carbons (Fsp3) is 0.250. The third-order valence-electron chi connectivity index (χ3n) is 2.15. The van der Waals surface area contributed by atoms with Crippen LogP contribution in [0.25, 0.3) is 0 Å². The van der Waals surface area contributed by atoms with Gasteiger partial charge in [-0.15, -0.1) is 0 Å². The van der Waals surface area contributed by atoms with Crippen LogP contribution in [0.1, 0.15) is 11.1 Å². The minimum atomic E-state index is 0.160. The fourth-order valence-electron chi connectivity index (χ4n) is 1.28. The normalized spacial score (nSPS) is 11.2. The van der Waals surface area contributed by atoms with Crippen molar-refractivity contribution >= 4 is 6.72 Å². The Labute approximate surface area is 90.3 Å². The summed E-state index contributed by atoms with van der Waals surface area (Å²) < 4.78 is 4.98. The highest BCUT2D eigenvalue weighted by Gasteiger charge is 2.00. The number of aliphatic imine (C=N–C) groups is 1. The van der Waals surface area contributed by atoms with Crippen molar-refractivity contribution in [1.82, 2.24) is 0 Å². The highest BCUT2D eigenvalue weighted by Crippen LogP contribution is 2.13. The number of nitrogens with zero attached hydrogens (tertiary/aromatic N) is 1. The summed E-state index contributed by atoms with van der Waals surface area (Å²) in [6, 6.07) is 8.16. The number of hydrogen-bond donors (Lipinski definition) is 1. The van der Waals surface area contributed by atoms with Gasteiger partial charge in [-0.2, -0.15) is 0 Å². The van der Waals surface area contributed by atoms with E-state index in [9.17, 15) is 0 Å². The maximum absolute atomic E-state index is 5.23. The molecule has 0 spiro atoms. The van der Waals surface area contributed by atoms with Gasteiger partial charge in [-0.25, -0.2) is 0 Å². The lowest BCUT2D eigenvalue weighted by atomic mass is 10.0. The SMILES string of the molecule is C=N/C(=C\OCN)Cc1ccccc1C. The Balaban J connectivity index is 2.75. The van der Waals surface area contributed by atoms with Gasteiger partial charge < -0.3 is 4.74 Å². The quantitative estimate of drug-likeness (QED) is 0.453. The first-order valence-corrected chi connectivity index (χ1v) is 4.80. The van der Waals surface area contributed by atoms with Gasteiger partial charge in [0.25, 0.3) is 0 Å². The molecule has 0 fully saturated rings. The van der Waals surface area contributed by atoms with E-state index in [1.165, 1.54) is 11.1 Å². The second kappa shape index (κ2) is 5.98. The standard InChI is InChI=1S/C12H16N2O/c1-10-5-3-4-6-11(10)7-12(14-2)8-15-9-13/h3-6,8H,2,7,9,13H2,1H3/b12-8-. The molecular weight excluding hydrogens is 188 g/mol. The van der Waals surface area contributed by atoms with Crippen molar-refractivity contribution in [3.8, 4) is 0 Å². The first kappa shape index (κ1) is 11.5. The third kappa shape index (κ3) is 3.56. The van der Waals surface area contributed by atoms with Crippen molar-refractivity contribution in [1.29, 1.82) is 0 Å². The summed E-state index contributed by atoms with van der Waals surface area (Å²) in [5.41, 5.74) is 8.47. The Morgan fingerprint density at radius 2 is 2.27 bits per heavy atom. The van der Waals surface area contributed by atoms with E-state index >= 15 is 0 Å². The number of benzene rings is 1. The van der Waals surface area contributed by atoms with Crippen molar-refractivity contribution in [2.24, 2.45) is 10.7 Å². The van der Waals surface area contributed by atoms with Gasteiger partial charge in [-0.1, -0.05) is 24.3 Å². The van der Waals surface area contributed by atoms with Gasteiger partial charge in [0.2, 0.25) is 0 Å². The second-order valence-corrected chi connectivity index (χ2v) is 3.20. The molecule has 0 aliphatic rings. The molecule has 0 aliphatic carbocycles. The Hall–Kier alpha value is -1.61. The van der Waals surface area contributed by atoms with Crippen LogP contribution in [0.5, 0.6) is 0 Å². The summed E-state index contributed by atoms with van der Waals surface area (Å²) in [5.74, 6) is 0. The van der Waals surface area contributed by atoms with Crippen molar-refractivity contribution in [3.05, 3.63) is 47.4 Å². The predicted octanol–water partition coefficient (Wildman–Crippen LogP) is 2.01. The van der Waals surface area contributed by atoms with Gasteiger partial charge in [-0.3, -0.25) is 10.7 Å². The van der Waals surface area contributed by atoms with E-state index in [-0.39, 0.29) is 6.73 Å². The zero-order chi connectivity index (χ0) is 11.1. The van der Waals surface area contributed by atoms with Gasteiger partial charge in [0, 0.05) is 6.42 Å². The molecule has 0 atom stereocenters. The molecule has 0 heterocycles. The molecule has 3 nitrogen and oxygen atoms in total. The molecule has 0 bridgehead atoms. The maximum atomic E-state index is 5.23. The summed E-state index contributed by atoms with van der Waals surface area (Å²) in [7, 11) is 0. The fourth-order valence-corrected chi connectivity index (χ4v) is 1.28. The molecule has 2 N–H and O–H groups in total. The lowest BCUT2D eigenvalue weighted by Gasteiger charge is -2.05. The van der Waals surface area contributed by atoms with E-state index in [0.29, 0.717) is 0 Å². The van der Waals surface area contributed by atoms with E-state index in [1.54, 1.807) is 6.26 Å². The molecule has 80 valence electrons. The van der Waals surface area contributed by atoms with Crippen molar-refractivity contribution in [2.75, 3.05) is 6.73 Å². The predicted molar refractivity (Wildman–Crippen MR) is 62.7 cm³/mol. The van der Waals surface area contributed by atoms with Gasteiger partial charge >= 0.3 is 0 Å². The number of nitrogens with two attached hydrogens (primary N) is 1. The minimum Gasteiger partial charge on any atom is -0.484 e. The topological polar surface area (TPSA) is 47.6 Å². The van der Waals surface area contributed by atoms with Crippen molar-refractivity contribution < 1.29 is 4.74 Å². The van der Waals surface area contributed by atoms with Gasteiger partial charge in [0.05, 0.1) is 5.70 Å². The van der Waals surface area contributed by atoms with E-state index in [4.69, 9.17) is 10.5 Å². The number of allylic oxidation sites excluding steroid dienone is 1. The molecule has 0 aliphatic heterocycles. The van der Waals surface area contributed by atoms with Crippen LogP contribution >= 0.6 is 0 Å². The smallest absolute Gasteiger partial charge is 0.136 e. The average Bonchev–Trinajstić information content (AvgIpc) is 2.26. The molecule has 1 aromatic rings.